The minimum absolute atomic E-state index is 0. The van der Waals surface area contributed by atoms with E-state index in [0.29, 0.717) is 6.61 Å². The Bertz CT molecular complexity index is 188. The Hall–Kier alpha value is 5.99. The molecule has 0 N–H and O–H groups in total. The second-order valence-corrected chi connectivity index (χ2v) is 1.68. The van der Waals surface area contributed by atoms with Crippen LogP contribution >= 0.6 is 0 Å². The molecule has 0 spiro atoms. The molecule has 0 radical (unpaired) electrons. The number of hydrogen-bond donors (Lipinski definition) is 0. The SMILES string of the molecule is COCc1cc[c-]cn1.[3H][CH2-].[W].[W].[W].[W].[W].[W].[W].[W].[W].[W]. The van der Waals surface area contributed by atoms with Crippen LogP contribution in [0.4, 0.5) is 0 Å². The fraction of sp³-hybridized carbons (Fsp3) is 0.250. The van der Waals surface area contributed by atoms with Crippen LogP contribution in [0.2, 0.25) is 0 Å². The van der Waals surface area contributed by atoms with Gasteiger partial charge in [-0.25, -0.2) is 13.5 Å². The van der Waals surface area contributed by atoms with Gasteiger partial charge >= 0.3 is 0 Å². The Morgan fingerprint density at radius 2 is 1.40 bits per heavy atom. The van der Waals surface area contributed by atoms with Crippen molar-refractivity contribution in [3.63, 3.8) is 0 Å². The van der Waals surface area contributed by atoms with Crippen molar-refractivity contribution in [1.29, 1.82) is 0 Å². The van der Waals surface area contributed by atoms with Crippen molar-refractivity contribution in [3.05, 3.63) is 37.5 Å². The molecule has 0 saturated heterocycles. The predicted octanol–water partition coefficient (Wildman–Crippen LogP) is 1.45. The molecule has 0 fully saturated rings. The van der Waals surface area contributed by atoms with Crippen LogP contribution in [0.1, 0.15) is 7.06 Å². The molecule has 0 amide bonds. The molecular formula is C8H11NOW10-2. The molecule has 0 aliphatic heterocycles. The summed E-state index contributed by atoms with van der Waals surface area (Å²) in [5.74, 6) is 0. The Morgan fingerprint density at radius 3 is 1.65 bits per heavy atom. The molecule has 0 saturated carbocycles. The van der Waals surface area contributed by atoms with Crippen molar-refractivity contribution in [3.8, 4) is 0 Å². The summed E-state index contributed by atoms with van der Waals surface area (Å²) in [4.78, 5) is 3.99. The van der Waals surface area contributed by atoms with Crippen LogP contribution in [0.5, 0.6) is 0 Å². The maximum Gasteiger partial charge on any atom is 0.0714 e. The van der Waals surface area contributed by atoms with Gasteiger partial charge in [-0.05, 0) is 5.69 Å². The average molecular weight is 1980 g/mol. The zero-order chi connectivity index (χ0) is 8.53. The Labute approximate surface area is 267 Å². The minimum atomic E-state index is 0. The van der Waals surface area contributed by atoms with Crippen LogP contribution in [0.3, 0.4) is 0 Å². The van der Waals surface area contributed by atoms with E-state index in [0.717, 1.165) is 5.69 Å². The second-order valence-electron chi connectivity index (χ2n) is 1.68. The van der Waals surface area contributed by atoms with Gasteiger partial charge in [0.2, 0.25) is 0 Å². The van der Waals surface area contributed by atoms with Gasteiger partial charge in [-0.1, -0.05) is 6.20 Å². The Kier molecular flexibility index (Phi) is 179. The molecule has 1 aromatic heterocycles. The molecule has 0 aliphatic rings. The fourth-order valence-electron chi connectivity index (χ4n) is 0.584. The number of aromatic nitrogens is 1. The molecular weight excluding hydrogens is 1960 g/mol. The third-order valence-corrected chi connectivity index (χ3v) is 0.969. The van der Waals surface area contributed by atoms with Gasteiger partial charge in [-0.15, -0.1) is 0 Å². The molecule has 2 nitrogen and oxygen atoms in total. The van der Waals surface area contributed by atoms with Gasteiger partial charge in [0.15, 0.2) is 0 Å². The molecule has 1 heterocycles. The molecule has 0 atom stereocenters. The van der Waals surface area contributed by atoms with Gasteiger partial charge in [0.25, 0.3) is 0 Å². The zero-order valence-corrected chi connectivity index (χ0v) is 39.4. The smallest absolute Gasteiger partial charge is 0.0714 e. The number of hydrogen-bond acceptors (Lipinski definition) is 2. The first-order valence-electron chi connectivity index (χ1n) is 3.44. The van der Waals surface area contributed by atoms with Crippen molar-refractivity contribution in [1.82, 2.24) is 4.98 Å². The summed E-state index contributed by atoms with van der Waals surface area (Å²) in [6, 6.07) is 6.52. The van der Waals surface area contributed by atoms with Crippen LogP contribution in [0.15, 0.2) is 18.3 Å². The molecule has 20 heavy (non-hydrogen) atoms. The van der Waals surface area contributed by atoms with Crippen molar-refractivity contribution in [2.45, 2.75) is 6.61 Å². The summed E-state index contributed by atoms with van der Waals surface area (Å²) in [6.07, 6.45) is 1.63. The van der Waals surface area contributed by atoms with Gasteiger partial charge in [-0.3, -0.25) is 4.98 Å². The first-order chi connectivity index (χ1) is 5.43. The first-order valence-corrected chi connectivity index (χ1v) is 2.73. The molecule has 12 heteroatoms. The van der Waals surface area contributed by atoms with E-state index in [-0.39, 0.29) is 211 Å². The maximum absolute atomic E-state index is 5.50. The van der Waals surface area contributed by atoms with Gasteiger partial charge in [0, 0.05) is 218 Å². The second kappa shape index (κ2) is 56.3. The summed E-state index contributed by atoms with van der Waals surface area (Å²) in [5.41, 5.74) is 0.941. The van der Waals surface area contributed by atoms with Gasteiger partial charge in [0.1, 0.15) is 0 Å². The standard InChI is InChI=1S/C7H8NO.CH3.10W/c1-9-6-7-4-2-3-5-8-7;;;;;;;;;;;/h2,4-5H,6H2,1H3;1H3;;;;;;;;;;/q2*-1;;;;;;;;;;/i;1T;;;;;;;;;;. The summed E-state index contributed by atoms with van der Waals surface area (Å²) in [6.45, 7) is 0.578. The molecule has 0 aliphatic carbocycles. The van der Waals surface area contributed by atoms with Crippen molar-refractivity contribution >= 4 is 0 Å². The topological polar surface area (TPSA) is 22.1 Å². The van der Waals surface area contributed by atoms with Crippen molar-refractivity contribution in [2.75, 3.05) is 7.11 Å². The van der Waals surface area contributed by atoms with Gasteiger partial charge < -0.3 is 12.1 Å². The van der Waals surface area contributed by atoms with E-state index in [1.165, 1.54) is 0 Å². The summed E-state index contributed by atoms with van der Waals surface area (Å²) in [5, 5.41) is 0. The van der Waals surface area contributed by atoms with E-state index in [1.54, 1.807) is 13.3 Å². The van der Waals surface area contributed by atoms with Crippen LogP contribution in [0.25, 0.3) is 0 Å². The number of pyridine rings is 1. The Balaban J connectivity index is -0.00000000892. The van der Waals surface area contributed by atoms with E-state index in [4.69, 9.17) is 6.11 Å². The average Bonchev–Trinajstić information content (AvgIpc) is 2.11. The first kappa shape index (κ1) is 63.5. The minimum Gasteiger partial charge on any atom is -0.380 e. The van der Waals surface area contributed by atoms with E-state index < -0.39 is 0 Å². The van der Waals surface area contributed by atoms with Crippen molar-refractivity contribution < 1.29 is 217 Å². The van der Waals surface area contributed by atoms with Crippen LogP contribution in [0, 0.1) is 13.5 Å². The molecule has 0 bridgehead atoms. The van der Waals surface area contributed by atoms with Gasteiger partial charge in [-0.2, -0.15) is 6.07 Å². The van der Waals surface area contributed by atoms with Gasteiger partial charge in [0.05, 0.1) is 6.61 Å². The van der Waals surface area contributed by atoms with E-state index in [2.05, 4.69) is 18.5 Å². The number of rotatable bonds is 2. The Morgan fingerprint density at radius 1 is 1.00 bits per heavy atom. The van der Waals surface area contributed by atoms with Crippen LogP contribution < -0.4 is 0 Å². The molecule has 116 valence electrons. The predicted molar refractivity (Wildman–Crippen MR) is 40.2 cm³/mol. The zero-order valence-electron chi connectivity index (χ0n) is 11.1. The number of nitrogens with zero attached hydrogens (tertiary/aromatic N) is 1. The summed E-state index contributed by atoms with van der Waals surface area (Å²) in [7, 11) is 4.15. The van der Waals surface area contributed by atoms with E-state index in [9.17, 15) is 0 Å². The summed E-state index contributed by atoms with van der Waals surface area (Å²) >= 11 is 0. The molecule has 1 aromatic rings. The largest absolute Gasteiger partial charge is 0.380 e. The van der Waals surface area contributed by atoms with Crippen molar-refractivity contribution in [2.24, 2.45) is 0 Å². The number of methoxy groups -OCH3 is 1. The third kappa shape index (κ3) is 43.9. The quantitative estimate of drug-likeness (QED) is 0.420. The summed E-state index contributed by atoms with van der Waals surface area (Å²) < 4.78 is 10.4. The monoisotopic (exact) mass is 1980 g/mol. The van der Waals surface area contributed by atoms with E-state index >= 15 is 0 Å². The van der Waals surface area contributed by atoms with E-state index in [1.807, 2.05) is 12.1 Å². The fourth-order valence-corrected chi connectivity index (χ4v) is 0.584. The maximum atomic E-state index is 5.50. The number of ether oxygens (including phenoxy) is 1. The van der Waals surface area contributed by atoms with Crippen LogP contribution in [-0.4, -0.2) is 12.1 Å². The molecule has 0 aromatic carbocycles. The van der Waals surface area contributed by atoms with Crippen LogP contribution in [-0.2, 0) is 222 Å². The molecule has 0 unspecified atom stereocenters. The normalized spacial score (nSPS) is 4.60. The molecule has 1 rings (SSSR count). The third-order valence-electron chi connectivity index (χ3n) is 0.969.